The zero-order chi connectivity index (χ0) is 10.8. The molecule has 86 valence electrons. The van der Waals surface area contributed by atoms with Crippen molar-refractivity contribution in [3.05, 3.63) is 0 Å². The van der Waals surface area contributed by atoms with Crippen LogP contribution in [0.15, 0.2) is 0 Å². The summed E-state index contributed by atoms with van der Waals surface area (Å²) in [5, 5.41) is 18.0. The molecule has 0 radical (unpaired) electrons. The molecule has 0 aromatic rings. The molecule has 0 spiro atoms. The lowest BCUT2D eigenvalue weighted by Crippen LogP contribution is -2.52. The van der Waals surface area contributed by atoms with Gasteiger partial charge in [-0.2, -0.15) is 0 Å². The summed E-state index contributed by atoms with van der Waals surface area (Å²) in [7, 11) is 0. The van der Waals surface area contributed by atoms with E-state index in [0.717, 1.165) is 45.3 Å². The molecule has 1 saturated carbocycles. The lowest BCUT2D eigenvalue weighted by molar-refractivity contribution is -0.143. The molecule has 4 heteroatoms. The van der Waals surface area contributed by atoms with Crippen molar-refractivity contribution in [2.75, 3.05) is 19.6 Å². The van der Waals surface area contributed by atoms with Gasteiger partial charge in [0.1, 0.15) is 0 Å². The largest absolute Gasteiger partial charge is 0.481 e. The molecule has 1 saturated heterocycles. The van der Waals surface area contributed by atoms with Crippen LogP contribution in [0.25, 0.3) is 0 Å². The number of hydrogen-bond acceptors (Lipinski definition) is 3. The summed E-state index contributed by atoms with van der Waals surface area (Å²) in [6.07, 6.45) is 3.60. The Morgan fingerprint density at radius 3 is 2.27 bits per heavy atom. The van der Waals surface area contributed by atoms with E-state index in [0.29, 0.717) is 5.92 Å². The molecule has 1 aliphatic heterocycles. The molecule has 2 fully saturated rings. The third-order valence-corrected chi connectivity index (χ3v) is 3.65. The number of rotatable bonds is 3. The fourth-order valence-electron chi connectivity index (χ4n) is 2.65. The van der Waals surface area contributed by atoms with Crippen molar-refractivity contribution in [3.8, 4) is 0 Å². The lowest BCUT2D eigenvalue weighted by Gasteiger charge is -2.39. The van der Waals surface area contributed by atoms with Crippen molar-refractivity contribution < 1.29 is 15.0 Å². The molecular formula is C11H19NO3. The second-order valence-electron chi connectivity index (χ2n) is 4.93. The Kier molecular flexibility index (Phi) is 3.26. The average Bonchev–Trinajstić information content (AvgIpc) is 2.16. The van der Waals surface area contributed by atoms with E-state index in [1.165, 1.54) is 0 Å². The van der Waals surface area contributed by atoms with E-state index in [4.69, 9.17) is 10.2 Å². The van der Waals surface area contributed by atoms with Crippen LogP contribution in [0, 0.1) is 11.8 Å². The summed E-state index contributed by atoms with van der Waals surface area (Å²) >= 11 is 0. The van der Waals surface area contributed by atoms with E-state index in [1.807, 2.05) is 0 Å². The Labute approximate surface area is 89.9 Å². The molecule has 0 amide bonds. The lowest BCUT2D eigenvalue weighted by atomic mass is 9.81. The molecule has 0 atom stereocenters. The minimum absolute atomic E-state index is 0.108. The number of carboxylic acids is 1. The van der Waals surface area contributed by atoms with Gasteiger partial charge in [0.25, 0.3) is 0 Å². The Morgan fingerprint density at radius 2 is 1.80 bits per heavy atom. The maximum Gasteiger partial charge on any atom is 0.306 e. The highest BCUT2D eigenvalue weighted by Crippen LogP contribution is 2.30. The standard InChI is InChI=1S/C11H19NO3/c13-10-6-12(7-10)5-8-1-3-9(4-2-8)11(14)15/h8-10,13H,1-7H2,(H,14,15). The molecule has 2 N–H and O–H groups in total. The molecule has 15 heavy (non-hydrogen) atoms. The van der Waals surface area contributed by atoms with Crippen LogP contribution >= 0.6 is 0 Å². The highest BCUT2D eigenvalue weighted by Gasteiger charge is 2.30. The minimum Gasteiger partial charge on any atom is -0.481 e. The minimum atomic E-state index is -0.632. The molecule has 0 bridgehead atoms. The zero-order valence-corrected chi connectivity index (χ0v) is 8.93. The Balaban J connectivity index is 1.67. The van der Waals surface area contributed by atoms with Gasteiger partial charge in [0.05, 0.1) is 12.0 Å². The van der Waals surface area contributed by atoms with Crippen molar-refractivity contribution in [1.29, 1.82) is 0 Å². The maximum atomic E-state index is 10.8. The smallest absolute Gasteiger partial charge is 0.306 e. The summed E-state index contributed by atoms with van der Waals surface area (Å²) in [4.78, 5) is 13.0. The van der Waals surface area contributed by atoms with Gasteiger partial charge in [-0.3, -0.25) is 9.69 Å². The van der Waals surface area contributed by atoms with Crippen LogP contribution in [-0.2, 0) is 4.79 Å². The summed E-state index contributed by atoms with van der Waals surface area (Å²) < 4.78 is 0. The highest BCUT2D eigenvalue weighted by molar-refractivity contribution is 5.69. The number of aliphatic hydroxyl groups is 1. The first-order valence-electron chi connectivity index (χ1n) is 5.78. The van der Waals surface area contributed by atoms with E-state index in [9.17, 15) is 4.79 Å². The number of aliphatic hydroxyl groups excluding tert-OH is 1. The van der Waals surface area contributed by atoms with Crippen LogP contribution in [0.4, 0.5) is 0 Å². The van der Waals surface area contributed by atoms with Gasteiger partial charge in [0, 0.05) is 19.6 Å². The van der Waals surface area contributed by atoms with E-state index in [1.54, 1.807) is 0 Å². The molecule has 0 aromatic heterocycles. The Bertz CT molecular complexity index is 230. The SMILES string of the molecule is O=C(O)C1CCC(CN2CC(O)C2)CC1. The fourth-order valence-corrected chi connectivity index (χ4v) is 2.65. The summed E-state index contributed by atoms with van der Waals surface area (Å²) in [5.74, 6) is -0.0934. The zero-order valence-electron chi connectivity index (χ0n) is 8.93. The maximum absolute atomic E-state index is 10.8. The van der Waals surface area contributed by atoms with Crippen LogP contribution in [-0.4, -0.2) is 46.8 Å². The van der Waals surface area contributed by atoms with E-state index in [2.05, 4.69) is 4.90 Å². The molecule has 0 unspecified atom stereocenters. The van der Waals surface area contributed by atoms with Crippen LogP contribution < -0.4 is 0 Å². The van der Waals surface area contributed by atoms with E-state index < -0.39 is 5.97 Å². The first kappa shape index (κ1) is 10.9. The number of nitrogens with zero attached hydrogens (tertiary/aromatic N) is 1. The number of likely N-dealkylation sites (tertiary alicyclic amines) is 1. The molecule has 2 rings (SSSR count). The topological polar surface area (TPSA) is 60.8 Å². The first-order valence-corrected chi connectivity index (χ1v) is 5.78. The van der Waals surface area contributed by atoms with Gasteiger partial charge < -0.3 is 10.2 Å². The molecular weight excluding hydrogens is 194 g/mol. The molecule has 4 nitrogen and oxygen atoms in total. The van der Waals surface area contributed by atoms with Crippen LogP contribution in [0.3, 0.4) is 0 Å². The monoisotopic (exact) mass is 213 g/mol. The number of aliphatic carboxylic acids is 1. The Morgan fingerprint density at radius 1 is 1.20 bits per heavy atom. The van der Waals surface area contributed by atoms with E-state index >= 15 is 0 Å². The highest BCUT2D eigenvalue weighted by atomic mass is 16.4. The van der Waals surface area contributed by atoms with Crippen LogP contribution in [0.5, 0.6) is 0 Å². The normalized spacial score (nSPS) is 33.7. The number of β-amino-alcohol motifs (C(OH)–C–C–N with tert-alkyl or cyclic N) is 1. The van der Waals surface area contributed by atoms with Gasteiger partial charge in [0.15, 0.2) is 0 Å². The molecule has 1 aliphatic carbocycles. The van der Waals surface area contributed by atoms with Crippen molar-refractivity contribution in [2.45, 2.75) is 31.8 Å². The van der Waals surface area contributed by atoms with Crippen molar-refractivity contribution >= 4 is 5.97 Å². The third-order valence-electron chi connectivity index (χ3n) is 3.65. The quantitative estimate of drug-likeness (QED) is 0.719. The van der Waals surface area contributed by atoms with Gasteiger partial charge >= 0.3 is 5.97 Å². The predicted octanol–water partition coefficient (Wildman–Crippen LogP) is 0.554. The second kappa shape index (κ2) is 4.49. The van der Waals surface area contributed by atoms with Gasteiger partial charge in [-0.05, 0) is 31.6 Å². The van der Waals surface area contributed by atoms with Crippen LogP contribution in [0.1, 0.15) is 25.7 Å². The van der Waals surface area contributed by atoms with Gasteiger partial charge in [-0.1, -0.05) is 0 Å². The average molecular weight is 213 g/mol. The number of carbonyl (C=O) groups is 1. The number of carboxylic acid groups (broad SMARTS) is 1. The first-order chi connectivity index (χ1) is 7.15. The van der Waals surface area contributed by atoms with Crippen molar-refractivity contribution in [1.82, 2.24) is 4.90 Å². The molecule has 1 heterocycles. The van der Waals surface area contributed by atoms with E-state index in [-0.39, 0.29) is 12.0 Å². The van der Waals surface area contributed by atoms with Crippen molar-refractivity contribution in [3.63, 3.8) is 0 Å². The summed E-state index contributed by atoms with van der Waals surface area (Å²) in [6, 6.07) is 0. The fraction of sp³-hybridized carbons (Fsp3) is 0.909. The van der Waals surface area contributed by atoms with Crippen LogP contribution in [0.2, 0.25) is 0 Å². The summed E-state index contributed by atoms with van der Waals surface area (Å²) in [6.45, 7) is 2.65. The van der Waals surface area contributed by atoms with Gasteiger partial charge in [-0.15, -0.1) is 0 Å². The third kappa shape index (κ3) is 2.69. The predicted molar refractivity (Wildman–Crippen MR) is 55.5 cm³/mol. The van der Waals surface area contributed by atoms with Gasteiger partial charge in [-0.25, -0.2) is 0 Å². The number of hydrogen-bond donors (Lipinski definition) is 2. The molecule has 2 aliphatic rings. The Hall–Kier alpha value is -0.610. The second-order valence-corrected chi connectivity index (χ2v) is 4.93. The van der Waals surface area contributed by atoms with Gasteiger partial charge in [0.2, 0.25) is 0 Å². The molecule has 0 aromatic carbocycles. The van der Waals surface area contributed by atoms with Crippen molar-refractivity contribution in [2.24, 2.45) is 11.8 Å². The summed E-state index contributed by atoms with van der Waals surface area (Å²) in [5.41, 5.74) is 0.